The number of rotatable bonds is 3. The molecule has 0 unspecified atom stereocenters. The number of hydrogen-bond acceptors (Lipinski definition) is 4. The highest BCUT2D eigenvalue weighted by Crippen LogP contribution is 2.27. The number of nitrogens with zero attached hydrogens (tertiary/aromatic N) is 1. The number of carbonyl (C=O) groups is 1. The lowest BCUT2D eigenvalue weighted by molar-refractivity contribution is -0.148. The van der Waals surface area contributed by atoms with Crippen LogP contribution in [0.25, 0.3) is 0 Å². The first kappa shape index (κ1) is 13.0. The number of carbonyl (C=O) groups excluding carboxylic acids is 1. The van der Waals surface area contributed by atoms with Crippen LogP contribution < -0.4 is 0 Å². The van der Waals surface area contributed by atoms with Gasteiger partial charge in [-0.05, 0) is 25.5 Å². The fraction of sp³-hybridized carbons (Fsp3) is 0.417. The van der Waals surface area contributed by atoms with Gasteiger partial charge in [0, 0.05) is 6.54 Å². The zero-order valence-electron chi connectivity index (χ0n) is 10.3. The Balaban J connectivity index is 2.27. The van der Waals surface area contributed by atoms with E-state index in [-0.39, 0.29) is 4.90 Å². The van der Waals surface area contributed by atoms with Crippen LogP contribution in [0.4, 0.5) is 0 Å². The van der Waals surface area contributed by atoms with Gasteiger partial charge in [-0.25, -0.2) is 8.42 Å². The lowest BCUT2D eigenvalue weighted by Gasteiger charge is -2.37. The van der Waals surface area contributed by atoms with E-state index < -0.39 is 22.0 Å². The maximum Gasteiger partial charge on any atom is 0.324 e. The summed E-state index contributed by atoms with van der Waals surface area (Å²) in [4.78, 5) is 11.6. The molecule has 18 heavy (non-hydrogen) atoms. The molecule has 1 fully saturated rings. The molecule has 0 radical (unpaired) electrons. The molecule has 0 saturated carbocycles. The maximum atomic E-state index is 12.3. The molecule has 1 aromatic carbocycles. The first-order valence-electron chi connectivity index (χ1n) is 5.63. The predicted molar refractivity (Wildman–Crippen MR) is 65.5 cm³/mol. The second-order valence-corrected chi connectivity index (χ2v) is 6.15. The number of ether oxygens (including phenoxy) is 1. The van der Waals surface area contributed by atoms with E-state index in [4.69, 9.17) is 0 Å². The number of aryl methyl sites for hydroxylation is 1. The first-order chi connectivity index (χ1) is 8.46. The van der Waals surface area contributed by atoms with E-state index in [0.29, 0.717) is 13.0 Å². The molecule has 98 valence electrons. The summed E-state index contributed by atoms with van der Waals surface area (Å²) in [5, 5.41) is 0. The van der Waals surface area contributed by atoms with Gasteiger partial charge in [0.1, 0.15) is 6.04 Å². The Morgan fingerprint density at radius 2 is 1.94 bits per heavy atom. The molecule has 1 atom stereocenters. The Hall–Kier alpha value is -1.40. The van der Waals surface area contributed by atoms with Crippen LogP contribution >= 0.6 is 0 Å². The second-order valence-electron chi connectivity index (χ2n) is 4.26. The van der Waals surface area contributed by atoms with Gasteiger partial charge in [0.2, 0.25) is 10.0 Å². The van der Waals surface area contributed by atoms with Gasteiger partial charge < -0.3 is 4.74 Å². The van der Waals surface area contributed by atoms with Gasteiger partial charge >= 0.3 is 5.97 Å². The monoisotopic (exact) mass is 269 g/mol. The predicted octanol–water partition coefficient (Wildman–Crippen LogP) is 0.931. The SMILES string of the molecule is COC(=O)[C@H]1CCN1S(=O)(=O)c1ccc(C)cc1. The fourth-order valence-electron chi connectivity index (χ4n) is 1.87. The van der Waals surface area contributed by atoms with Crippen LogP contribution in [-0.2, 0) is 19.6 Å². The summed E-state index contributed by atoms with van der Waals surface area (Å²) in [6.45, 7) is 2.24. The summed E-state index contributed by atoms with van der Waals surface area (Å²) in [6.07, 6.45) is 0.512. The van der Waals surface area contributed by atoms with Crippen LogP contribution in [0.15, 0.2) is 29.2 Å². The Kier molecular flexibility index (Phi) is 3.41. The Morgan fingerprint density at radius 3 is 2.39 bits per heavy atom. The van der Waals surface area contributed by atoms with E-state index in [1.54, 1.807) is 24.3 Å². The van der Waals surface area contributed by atoms with Crippen LogP contribution in [-0.4, -0.2) is 38.4 Å². The van der Waals surface area contributed by atoms with Gasteiger partial charge in [0.05, 0.1) is 12.0 Å². The molecule has 1 heterocycles. The van der Waals surface area contributed by atoms with Crippen molar-refractivity contribution < 1.29 is 17.9 Å². The highest BCUT2D eigenvalue weighted by molar-refractivity contribution is 7.89. The van der Waals surface area contributed by atoms with Crippen molar-refractivity contribution in [3.8, 4) is 0 Å². The topological polar surface area (TPSA) is 63.7 Å². The molecule has 0 aromatic heterocycles. The summed E-state index contributed by atoms with van der Waals surface area (Å²) in [7, 11) is -2.33. The molecule has 2 rings (SSSR count). The zero-order chi connectivity index (χ0) is 13.3. The fourth-order valence-corrected chi connectivity index (χ4v) is 3.49. The lowest BCUT2D eigenvalue weighted by atomic mass is 10.1. The average Bonchev–Trinajstić information content (AvgIpc) is 2.27. The van der Waals surface area contributed by atoms with Gasteiger partial charge in [-0.3, -0.25) is 4.79 Å². The molecule has 0 bridgehead atoms. The van der Waals surface area contributed by atoms with Crippen molar-refractivity contribution in [2.24, 2.45) is 0 Å². The van der Waals surface area contributed by atoms with Crippen LogP contribution in [0, 0.1) is 6.92 Å². The molecule has 1 aliphatic rings. The van der Waals surface area contributed by atoms with Gasteiger partial charge in [-0.2, -0.15) is 4.31 Å². The second kappa shape index (κ2) is 4.70. The molecule has 5 nitrogen and oxygen atoms in total. The van der Waals surface area contributed by atoms with E-state index in [1.807, 2.05) is 6.92 Å². The molecule has 0 spiro atoms. The largest absolute Gasteiger partial charge is 0.468 e. The van der Waals surface area contributed by atoms with Crippen molar-refractivity contribution in [2.75, 3.05) is 13.7 Å². The number of esters is 1. The Labute approximate surface area is 106 Å². The standard InChI is InChI=1S/C12H15NO4S/c1-9-3-5-10(6-4-9)18(15,16)13-8-7-11(13)12(14)17-2/h3-6,11H,7-8H2,1-2H3/t11-/m1/s1. The van der Waals surface area contributed by atoms with Crippen molar-refractivity contribution in [1.82, 2.24) is 4.31 Å². The minimum Gasteiger partial charge on any atom is -0.468 e. The summed E-state index contributed by atoms with van der Waals surface area (Å²) in [6, 6.07) is 5.90. The molecular formula is C12H15NO4S. The molecule has 0 N–H and O–H groups in total. The highest BCUT2D eigenvalue weighted by atomic mass is 32.2. The van der Waals surface area contributed by atoms with Crippen molar-refractivity contribution >= 4 is 16.0 Å². The quantitative estimate of drug-likeness (QED) is 0.766. The third-order valence-corrected chi connectivity index (χ3v) is 4.99. The molecule has 1 saturated heterocycles. The zero-order valence-corrected chi connectivity index (χ0v) is 11.1. The maximum absolute atomic E-state index is 12.3. The van der Waals surface area contributed by atoms with E-state index in [9.17, 15) is 13.2 Å². The first-order valence-corrected chi connectivity index (χ1v) is 7.07. The van der Waals surface area contributed by atoms with Gasteiger partial charge in [0.25, 0.3) is 0 Å². The number of benzene rings is 1. The van der Waals surface area contributed by atoms with Gasteiger partial charge in [-0.15, -0.1) is 0 Å². The minimum atomic E-state index is -3.59. The van der Waals surface area contributed by atoms with Crippen molar-refractivity contribution in [1.29, 1.82) is 0 Å². The number of sulfonamides is 1. The van der Waals surface area contributed by atoms with E-state index in [0.717, 1.165) is 5.56 Å². The van der Waals surface area contributed by atoms with Crippen LogP contribution in [0.1, 0.15) is 12.0 Å². The van der Waals surface area contributed by atoms with Crippen molar-refractivity contribution in [3.05, 3.63) is 29.8 Å². The molecule has 0 amide bonds. The lowest BCUT2D eigenvalue weighted by Crippen LogP contribution is -2.55. The van der Waals surface area contributed by atoms with Crippen molar-refractivity contribution in [3.63, 3.8) is 0 Å². The van der Waals surface area contributed by atoms with E-state index >= 15 is 0 Å². The number of methoxy groups -OCH3 is 1. The van der Waals surface area contributed by atoms with Crippen LogP contribution in [0.3, 0.4) is 0 Å². The molecule has 1 aromatic rings. The van der Waals surface area contributed by atoms with Crippen molar-refractivity contribution in [2.45, 2.75) is 24.3 Å². The van der Waals surface area contributed by atoms with Gasteiger partial charge in [0.15, 0.2) is 0 Å². The minimum absolute atomic E-state index is 0.210. The molecule has 0 aliphatic carbocycles. The van der Waals surface area contributed by atoms with Crippen LogP contribution in [0.5, 0.6) is 0 Å². The summed E-state index contributed by atoms with van der Waals surface area (Å²) in [5.41, 5.74) is 0.988. The summed E-state index contributed by atoms with van der Waals surface area (Å²) < 4.78 is 30.3. The average molecular weight is 269 g/mol. The van der Waals surface area contributed by atoms with E-state index in [2.05, 4.69) is 4.74 Å². The summed E-state index contributed by atoms with van der Waals surface area (Å²) >= 11 is 0. The number of hydrogen-bond donors (Lipinski definition) is 0. The molecule has 6 heteroatoms. The third-order valence-electron chi connectivity index (χ3n) is 3.07. The smallest absolute Gasteiger partial charge is 0.324 e. The summed E-state index contributed by atoms with van der Waals surface area (Å²) in [5.74, 6) is -0.503. The normalized spacial score (nSPS) is 20.2. The Morgan fingerprint density at radius 1 is 1.33 bits per heavy atom. The van der Waals surface area contributed by atoms with Crippen LogP contribution in [0.2, 0.25) is 0 Å². The highest BCUT2D eigenvalue weighted by Gasteiger charge is 2.43. The van der Waals surface area contributed by atoms with E-state index in [1.165, 1.54) is 11.4 Å². The Bertz CT molecular complexity index is 550. The molecular weight excluding hydrogens is 254 g/mol. The third kappa shape index (κ3) is 2.13. The molecule has 1 aliphatic heterocycles. The van der Waals surface area contributed by atoms with Gasteiger partial charge in [-0.1, -0.05) is 17.7 Å².